The van der Waals surface area contributed by atoms with E-state index in [0.717, 1.165) is 25.9 Å². The number of hydrogen-bond donors (Lipinski definition) is 2. The number of hydrogen-bond acceptors (Lipinski definition) is 7. The number of nitrogens with one attached hydrogen (secondary N) is 2. The molecule has 0 unspecified atom stereocenters. The quantitative estimate of drug-likeness (QED) is 0.373. The van der Waals surface area contributed by atoms with E-state index in [1.165, 1.54) is 31.4 Å². The average Bonchev–Trinajstić information content (AvgIpc) is 2.82. The van der Waals surface area contributed by atoms with Crippen LogP contribution >= 0.6 is 0 Å². The Morgan fingerprint density at radius 2 is 1.85 bits per heavy atom. The van der Waals surface area contributed by atoms with Crippen LogP contribution in [0.5, 0.6) is 0 Å². The SMILES string of the molecule is COC(=O)CNC(=O)c1cccc(NC(=O)c2cc([N+](=O)[O-])ccc2N2CCC(C)CC2)c1. The van der Waals surface area contributed by atoms with E-state index < -0.39 is 22.7 Å². The van der Waals surface area contributed by atoms with Crippen molar-refractivity contribution in [3.05, 3.63) is 63.7 Å². The van der Waals surface area contributed by atoms with Crippen LogP contribution in [0.15, 0.2) is 42.5 Å². The molecule has 3 rings (SSSR count). The van der Waals surface area contributed by atoms with E-state index in [9.17, 15) is 24.5 Å². The number of anilines is 2. The third-order valence-electron chi connectivity index (χ3n) is 5.56. The van der Waals surface area contributed by atoms with Gasteiger partial charge in [-0.25, -0.2) is 0 Å². The minimum atomic E-state index is -0.585. The van der Waals surface area contributed by atoms with Crippen molar-refractivity contribution in [3.63, 3.8) is 0 Å². The maximum absolute atomic E-state index is 13.1. The highest BCUT2D eigenvalue weighted by Crippen LogP contribution is 2.30. The van der Waals surface area contributed by atoms with Crippen molar-refractivity contribution < 1.29 is 24.0 Å². The fourth-order valence-corrected chi connectivity index (χ4v) is 3.61. The number of piperidine rings is 1. The summed E-state index contributed by atoms with van der Waals surface area (Å²) in [6, 6.07) is 10.5. The topological polar surface area (TPSA) is 131 Å². The summed E-state index contributed by atoms with van der Waals surface area (Å²) in [5, 5.41) is 16.5. The molecule has 0 aliphatic carbocycles. The number of amides is 2. The van der Waals surface area contributed by atoms with E-state index in [4.69, 9.17) is 0 Å². The molecule has 1 aliphatic rings. The molecule has 2 amide bonds. The number of benzene rings is 2. The molecule has 0 bridgehead atoms. The fraction of sp³-hybridized carbons (Fsp3) is 0.348. The molecule has 0 atom stereocenters. The molecular weight excluding hydrogens is 428 g/mol. The Bertz CT molecular complexity index is 1060. The summed E-state index contributed by atoms with van der Waals surface area (Å²) in [6.07, 6.45) is 1.95. The molecule has 10 nitrogen and oxygen atoms in total. The minimum absolute atomic E-state index is 0.176. The first-order valence-corrected chi connectivity index (χ1v) is 10.6. The van der Waals surface area contributed by atoms with Gasteiger partial charge in [0.1, 0.15) is 6.54 Å². The van der Waals surface area contributed by atoms with E-state index in [2.05, 4.69) is 27.2 Å². The molecule has 0 saturated carbocycles. The summed E-state index contributed by atoms with van der Waals surface area (Å²) in [7, 11) is 1.22. The van der Waals surface area contributed by atoms with Crippen molar-refractivity contribution in [2.45, 2.75) is 19.8 Å². The van der Waals surface area contributed by atoms with Crippen LogP contribution in [0.4, 0.5) is 17.1 Å². The lowest BCUT2D eigenvalue weighted by molar-refractivity contribution is -0.384. The molecule has 174 valence electrons. The predicted octanol–water partition coefficient (Wildman–Crippen LogP) is 2.99. The van der Waals surface area contributed by atoms with Crippen molar-refractivity contribution in [2.75, 3.05) is 37.0 Å². The summed E-state index contributed by atoms with van der Waals surface area (Å²) in [4.78, 5) is 49.4. The third kappa shape index (κ3) is 6.06. The maximum atomic E-state index is 13.1. The van der Waals surface area contributed by atoms with E-state index >= 15 is 0 Å². The normalized spacial score (nSPS) is 13.8. The van der Waals surface area contributed by atoms with Crippen LogP contribution in [0, 0.1) is 16.0 Å². The molecule has 0 radical (unpaired) electrons. The zero-order valence-electron chi connectivity index (χ0n) is 18.5. The first-order chi connectivity index (χ1) is 15.8. The maximum Gasteiger partial charge on any atom is 0.325 e. The lowest BCUT2D eigenvalue weighted by Crippen LogP contribution is -2.34. The number of non-ortho nitro benzene ring substituents is 1. The van der Waals surface area contributed by atoms with E-state index in [1.807, 2.05) is 0 Å². The van der Waals surface area contributed by atoms with Gasteiger partial charge in [-0.3, -0.25) is 24.5 Å². The Kier molecular flexibility index (Phi) is 7.60. The molecule has 1 fully saturated rings. The average molecular weight is 454 g/mol. The number of methoxy groups -OCH3 is 1. The molecular formula is C23H26N4O6. The lowest BCUT2D eigenvalue weighted by Gasteiger charge is -2.33. The second kappa shape index (κ2) is 10.6. The molecule has 2 aromatic rings. The van der Waals surface area contributed by atoms with Gasteiger partial charge >= 0.3 is 5.97 Å². The van der Waals surface area contributed by atoms with Gasteiger partial charge in [0.2, 0.25) is 0 Å². The highest BCUT2D eigenvalue weighted by Gasteiger charge is 2.24. The number of rotatable bonds is 7. The molecule has 1 aliphatic heterocycles. The number of nitro benzene ring substituents is 1. The molecule has 33 heavy (non-hydrogen) atoms. The first-order valence-electron chi connectivity index (χ1n) is 10.6. The monoisotopic (exact) mass is 454 g/mol. The zero-order chi connectivity index (χ0) is 24.0. The Labute approximate surface area is 191 Å². The number of esters is 1. The highest BCUT2D eigenvalue weighted by atomic mass is 16.6. The van der Waals surface area contributed by atoms with Crippen LogP contribution in [0.2, 0.25) is 0 Å². The van der Waals surface area contributed by atoms with Gasteiger partial charge in [0.05, 0.1) is 23.3 Å². The second-order valence-corrected chi connectivity index (χ2v) is 7.92. The van der Waals surface area contributed by atoms with Gasteiger partial charge in [-0.15, -0.1) is 0 Å². The van der Waals surface area contributed by atoms with Crippen LogP contribution in [-0.4, -0.2) is 49.5 Å². The Morgan fingerprint density at radius 1 is 1.12 bits per heavy atom. The van der Waals surface area contributed by atoms with Crippen LogP contribution < -0.4 is 15.5 Å². The van der Waals surface area contributed by atoms with Gasteiger partial charge < -0.3 is 20.3 Å². The molecule has 2 N–H and O–H groups in total. The van der Waals surface area contributed by atoms with Gasteiger partial charge in [0, 0.05) is 36.5 Å². The van der Waals surface area contributed by atoms with Crippen LogP contribution in [-0.2, 0) is 9.53 Å². The molecule has 2 aromatic carbocycles. The summed E-state index contributed by atoms with van der Waals surface area (Å²) >= 11 is 0. The van der Waals surface area contributed by atoms with Crippen LogP contribution in [0.1, 0.15) is 40.5 Å². The van der Waals surface area contributed by atoms with Gasteiger partial charge in [-0.1, -0.05) is 13.0 Å². The van der Waals surface area contributed by atoms with Crippen LogP contribution in [0.25, 0.3) is 0 Å². The third-order valence-corrected chi connectivity index (χ3v) is 5.56. The molecule has 1 heterocycles. The summed E-state index contributed by atoms with van der Waals surface area (Å²) in [6.45, 7) is 3.41. The minimum Gasteiger partial charge on any atom is -0.468 e. The van der Waals surface area contributed by atoms with E-state index in [1.54, 1.807) is 18.2 Å². The van der Waals surface area contributed by atoms with Crippen molar-refractivity contribution in [1.29, 1.82) is 0 Å². The van der Waals surface area contributed by atoms with Crippen molar-refractivity contribution in [2.24, 2.45) is 5.92 Å². The van der Waals surface area contributed by atoms with Crippen molar-refractivity contribution in [1.82, 2.24) is 5.32 Å². The Balaban J connectivity index is 1.82. The molecule has 0 aromatic heterocycles. The van der Waals surface area contributed by atoms with Gasteiger partial charge in [0.25, 0.3) is 17.5 Å². The molecule has 0 spiro atoms. The van der Waals surface area contributed by atoms with Gasteiger partial charge in [-0.2, -0.15) is 0 Å². The number of nitrogens with zero attached hydrogens (tertiary/aromatic N) is 2. The molecule has 10 heteroatoms. The second-order valence-electron chi connectivity index (χ2n) is 7.92. The van der Waals surface area contributed by atoms with Crippen LogP contribution in [0.3, 0.4) is 0 Å². The number of nitro groups is 1. The van der Waals surface area contributed by atoms with E-state index in [-0.39, 0.29) is 23.4 Å². The zero-order valence-corrected chi connectivity index (χ0v) is 18.5. The van der Waals surface area contributed by atoms with E-state index in [0.29, 0.717) is 17.3 Å². The standard InChI is InChI=1S/C23H26N4O6/c1-15-8-10-26(11-9-15)20-7-6-18(27(31)32)13-19(20)23(30)25-17-5-3-4-16(12-17)22(29)24-14-21(28)33-2/h3-7,12-13,15H,8-11,14H2,1-2H3,(H,24,29)(H,25,30). The van der Waals surface area contributed by atoms with Crippen molar-refractivity contribution >= 4 is 34.8 Å². The largest absolute Gasteiger partial charge is 0.468 e. The summed E-state index contributed by atoms with van der Waals surface area (Å²) in [5.41, 5.74) is 1.23. The smallest absolute Gasteiger partial charge is 0.325 e. The Morgan fingerprint density at radius 3 is 2.52 bits per heavy atom. The first kappa shape index (κ1) is 23.7. The fourth-order valence-electron chi connectivity index (χ4n) is 3.61. The lowest BCUT2D eigenvalue weighted by atomic mass is 9.97. The highest BCUT2D eigenvalue weighted by molar-refractivity contribution is 6.09. The number of ether oxygens (including phenoxy) is 1. The number of carbonyl (C=O) groups is 3. The summed E-state index contributed by atoms with van der Waals surface area (Å²) < 4.78 is 4.49. The van der Waals surface area contributed by atoms with Gasteiger partial charge in [0.15, 0.2) is 0 Å². The Hall–Kier alpha value is -3.95. The van der Waals surface area contributed by atoms with Crippen molar-refractivity contribution in [3.8, 4) is 0 Å². The number of carbonyl (C=O) groups excluding carboxylic acids is 3. The summed E-state index contributed by atoms with van der Waals surface area (Å²) in [5.74, 6) is -1.02. The predicted molar refractivity (Wildman–Crippen MR) is 122 cm³/mol. The molecule has 1 saturated heterocycles. The van der Waals surface area contributed by atoms with Gasteiger partial charge in [-0.05, 0) is 43.0 Å².